The summed E-state index contributed by atoms with van der Waals surface area (Å²) in [6, 6.07) is 93.6. The molecule has 0 bridgehead atoms. The first-order valence-electron chi connectivity index (χ1n) is 27.3. The Balaban J connectivity index is 0.736. The molecule has 0 aliphatic heterocycles. The minimum Gasteiger partial charge on any atom is -0.310 e. The van der Waals surface area contributed by atoms with Crippen LogP contribution in [0.2, 0.25) is 0 Å². The SMILES string of the molecule is CC1(C)c2cc(C=Cc3ccc(C=Cc4ccc5c(c4)C(C)(C)c4cc(N(c6ccccc6)c6cccc7ccccc67)ccc4-5)c4ccccc34)ccc2-c2ccc(N(c3ccccc3)c3cccc4ccccc34)cc21. The van der Waals surface area contributed by atoms with Crippen LogP contribution in [0.3, 0.4) is 0 Å². The van der Waals surface area contributed by atoms with Crippen LogP contribution in [-0.2, 0) is 10.8 Å². The van der Waals surface area contributed by atoms with E-state index in [0.717, 1.165) is 22.7 Å². The van der Waals surface area contributed by atoms with Crippen molar-refractivity contribution in [2.45, 2.75) is 38.5 Å². The highest BCUT2D eigenvalue weighted by Crippen LogP contribution is 2.53. The lowest BCUT2D eigenvalue weighted by molar-refractivity contribution is 0.660. The summed E-state index contributed by atoms with van der Waals surface area (Å²) in [4.78, 5) is 4.83. The molecule has 0 radical (unpaired) electrons. The van der Waals surface area contributed by atoms with Crippen LogP contribution in [0.4, 0.5) is 34.1 Å². The molecule has 14 rings (SSSR count). The van der Waals surface area contributed by atoms with Crippen LogP contribution in [0.1, 0.15) is 72.2 Å². The van der Waals surface area contributed by atoms with Gasteiger partial charge < -0.3 is 9.80 Å². The lowest BCUT2D eigenvalue weighted by Gasteiger charge is -2.29. The average Bonchev–Trinajstić information content (AvgIpc) is 4.09. The van der Waals surface area contributed by atoms with Crippen LogP contribution in [-0.4, -0.2) is 0 Å². The number of nitrogens with zero attached hydrogens (tertiary/aromatic N) is 2. The van der Waals surface area contributed by atoms with Gasteiger partial charge in [-0.15, -0.1) is 0 Å². The summed E-state index contributed by atoms with van der Waals surface area (Å²) in [5.74, 6) is 0. The molecule has 372 valence electrons. The summed E-state index contributed by atoms with van der Waals surface area (Å²) >= 11 is 0. The second kappa shape index (κ2) is 18.7. The van der Waals surface area contributed by atoms with E-state index >= 15 is 0 Å². The van der Waals surface area contributed by atoms with Gasteiger partial charge in [0.2, 0.25) is 0 Å². The van der Waals surface area contributed by atoms with E-state index in [1.165, 1.54) is 110 Å². The zero-order valence-electron chi connectivity index (χ0n) is 44.5. The predicted molar refractivity (Wildman–Crippen MR) is 334 cm³/mol. The van der Waals surface area contributed by atoms with Crippen LogP contribution in [0.15, 0.2) is 255 Å². The third kappa shape index (κ3) is 7.86. The largest absolute Gasteiger partial charge is 0.310 e. The fourth-order valence-electron chi connectivity index (χ4n) is 12.8. The van der Waals surface area contributed by atoms with E-state index in [1.807, 2.05) is 0 Å². The van der Waals surface area contributed by atoms with Crippen molar-refractivity contribution in [3.05, 3.63) is 299 Å². The molecule has 0 amide bonds. The Morgan fingerprint density at radius 1 is 0.269 bits per heavy atom. The average molecular weight is 999 g/mol. The van der Waals surface area contributed by atoms with E-state index in [-0.39, 0.29) is 10.8 Å². The zero-order valence-corrected chi connectivity index (χ0v) is 44.5. The highest BCUT2D eigenvalue weighted by atomic mass is 15.1. The maximum Gasteiger partial charge on any atom is 0.0540 e. The molecule has 0 spiro atoms. The number of para-hydroxylation sites is 2. The Morgan fingerprint density at radius 3 is 1.04 bits per heavy atom. The first kappa shape index (κ1) is 47.0. The van der Waals surface area contributed by atoms with Gasteiger partial charge in [-0.25, -0.2) is 0 Å². The molecule has 2 heteroatoms. The number of rotatable bonds is 10. The van der Waals surface area contributed by atoms with Crippen molar-refractivity contribution in [1.82, 2.24) is 0 Å². The molecule has 2 aliphatic carbocycles. The highest BCUT2D eigenvalue weighted by Gasteiger charge is 2.38. The topological polar surface area (TPSA) is 6.48 Å². The lowest BCUT2D eigenvalue weighted by atomic mass is 9.81. The first-order valence-corrected chi connectivity index (χ1v) is 27.3. The highest BCUT2D eigenvalue weighted by molar-refractivity contribution is 6.02. The molecule has 0 saturated carbocycles. The van der Waals surface area contributed by atoms with Gasteiger partial charge in [0, 0.05) is 44.4 Å². The van der Waals surface area contributed by atoms with Crippen LogP contribution in [0.25, 0.3) is 78.9 Å². The summed E-state index contributed by atoms with van der Waals surface area (Å²) in [7, 11) is 0. The fraction of sp³-hybridized carbons (Fsp3) is 0.0789. The van der Waals surface area contributed by atoms with E-state index in [0.29, 0.717) is 0 Å². The molecule has 0 saturated heterocycles. The summed E-state index contributed by atoms with van der Waals surface area (Å²) in [6.07, 6.45) is 9.16. The maximum absolute atomic E-state index is 2.43. The molecule has 0 aromatic heterocycles. The lowest BCUT2D eigenvalue weighted by Crippen LogP contribution is -2.16. The van der Waals surface area contributed by atoms with Crippen LogP contribution in [0.5, 0.6) is 0 Å². The van der Waals surface area contributed by atoms with Gasteiger partial charge in [0.15, 0.2) is 0 Å². The molecule has 0 fully saturated rings. The molecule has 0 atom stereocenters. The molecule has 2 nitrogen and oxygen atoms in total. The van der Waals surface area contributed by atoms with Crippen molar-refractivity contribution < 1.29 is 0 Å². The molecule has 0 unspecified atom stereocenters. The summed E-state index contributed by atoms with van der Waals surface area (Å²) in [5, 5.41) is 7.39. The first-order chi connectivity index (χ1) is 38.2. The van der Waals surface area contributed by atoms with Gasteiger partial charge in [-0.1, -0.05) is 246 Å². The number of hydrogen-bond acceptors (Lipinski definition) is 2. The molecule has 0 heterocycles. The minimum atomic E-state index is -0.197. The molecule has 0 N–H and O–H groups in total. The third-order valence-electron chi connectivity index (χ3n) is 16.8. The van der Waals surface area contributed by atoms with E-state index < -0.39 is 0 Å². The van der Waals surface area contributed by atoms with Gasteiger partial charge >= 0.3 is 0 Å². The van der Waals surface area contributed by atoms with E-state index in [9.17, 15) is 0 Å². The number of fused-ring (bicyclic) bond motifs is 9. The van der Waals surface area contributed by atoms with Gasteiger partial charge in [0.25, 0.3) is 0 Å². The van der Waals surface area contributed by atoms with Crippen molar-refractivity contribution in [3.8, 4) is 22.3 Å². The van der Waals surface area contributed by atoms with Gasteiger partial charge in [0.05, 0.1) is 11.4 Å². The predicted octanol–water partition coefficient (Wildman–Crippen LogP) is 21.0. The summed E-state index contributed by atoms with van der Waals surface area (Å²) in [5.41, 5.74) is 22.0. The monoisotopic (exact) mass is 998 g/mol. The Morgan fingerprint density at radius 2 is 0.615 bits per heavy atom. The molecule has 2 aliphatic rings. The number of anilines is 6. The zero-order chi connectivity index (χ0) is 52.5. The van der Waals surface area contributed by atoms with Crippen molar-refractivity contribution in [2.24, 2.45) is 0 Å². The fourth-order valence-corrected chi connectivity index (χ4v) is 12.8. The van der Waals surface area contributed by atoms with E-state index in [2.05, 4.69) is 317 Å². The Hall–Kier alpha value is -9.50. The van der Waals surface area contributed by atoms with Crippen molar-refractivity contribution in [1.29, 1.82) is 0 Å². The maximum atomic E-state index is 2.43. The van der Waals surface area contributed by atoms with Crippen molar-refractivity contribution in [2.75, 3.05) is 9.80 Å². The Bertz CT molecular complexity index is 4090. The Labute approximate surface area is 458 Å². The Kier molecular flexibility index (Phi) is 11.2. The second-order valence-corrected chi connectivity index (χ2v) is 22.1. The number of hydrogen-bond donors (Lipinski definition) is 0. The molecule has 78 heavy (non-hydrogen) atoms. The van der Waals surface area contributed by atoms with Gasteiger partial charge in [-0.3, -0.25) is 0 Å². The second-order valence-electron chi connectivity index (χ2n) is 22.1. The molecular weight excluding hydrogens is 941 g/mol. The van der Waals surface area contributed by atoms with Crippen LogP contribution in [0, 0.1) is 0 Å². The van der Waals surface area contributed by atoms with Crippen LogP contribution < -0.4 is 9.80 Å². The minimum absolute atomic E-state index is 0.197. The van der Waals surface area contributed by atoms with Crippen molar-refractivity contribution >= 4 is 90.7 Å². The van der Waals surface area contributed by atoms with E-state index in [4.69, 9.17) is 0 Å². The smallest absolute Gasteiger partial charge is 0.0540 e. The van der Waals surface area contributed by atoms with E-state index in [1.54, 1.807) is 0 Å². The van der Waals surface area contributed by atoms with Crippen LogP contribution >= 0.6 is 0 Å². The quantitative estimate of drug-likeness (QED) is 0.126. The number of benzene rings is 12. The van der Waals surface area contributed by atoms with Crippen molar-refractivity contribution in [3.63, 3.8) is 0 Å². The standard InChI is InChI=1S/C76H58N2/c1-75(2)69-47-51(35-43-65(69)67-45-41-59(49-71(67)75)77(57-23-7-5-8-24-57)73-31-17-21-53-19-11-13-29-63(53)73)33-37-55-39-40-56(62-28-16-15-27-61(55)62)38-34-52-36-44-66-68-46-42-60(50-72(68)76(3,4)70(66)48-52)78(58-25-9-6-10-26-58)74-32-18-22-54-20-12-14-30-64(54)74/h5-50H,1-4H3. The van der Waals surface area contributed by atoms with Gasteiger partial charge in [-0.05, 0) is 149 Å². The molecule has 12 aromatic rings. The molecule has 12 aromatic carbocycles. The normalized spacial score (nSPS) is 13.7. The summed E-state index contributed by atoms with van der Waals surface area (Å²) < 4.78 is 0. The summed E-state index contributed by atoms with van der Waals surface area (Å²) in [6.45, 7) is 9.52. The van der Waals surface area contributed by atoms with Gasteiger partial charge in [-0.2, -0.15) is 0 Å². The third-order valence-corrected chi connectivity index (χ3v) is 16.8. The molecular formula is C76H58N2. The van der Waals surface area contributed by atoms with Gasteiger partial charge in [0.1, 0.15) is 0 Å².